The van der Waals surface area contributed by atoms with Crippen LogP contribution in [0.2, 0.25) is 0 Å². The van der Waals surface area contributed by atoms with E-state index in [-0.39, 0.29) is 6.29 Å². The van der Waals surface area contributed by atoms with Gasteiger partial charge in [-0.05, 0) is 0 Å². The van der Waals surface area contributed by atoms with Gasteiger partial charge in [0.05, 0.1) is 6.61 Å². The molecular formula is C7H14O7. The Morgan fingerprint density at radius 1 is 0.929 bits per heavy atom. The molecule has 0 aliphatic heterocycles. The van der Waals surface area contributed by atoms with E-state index in [1.165, 1.54) is 0 Å². The van der Waals surface area contributed by atoms with Crippen LogP contribution in [0.3, 0.4) is 0 Å². The minimum absolute atomic E-state index is 0.0219. The van der Waals surface area contributed by atoms with Crippen molar-refractivity contribution in [3.05, 3.63) is 0 Å². The van der Waals surface area contributed by atoms with Crippen LogP contribution in [0.1, 0.15) is 0 Å². The summed E-state index contributed by atoms with van der Waals surface area (Å²) in [5.41, 5.74) is 0. The Bertz CT molecular complexity index is 173. The van der Waals surface area contributed by atoms with Gasteiger partial charge < -0.3 is 35.4 Å². The standard InChI is InChI=1S/C7H14O7/c8-1-3(10)5(12)7(14)6(13)4(11)2-9/h1,3-7,9-14H,2H2/t3-,4+,5-,6+,7-/m1/s1. The van der Waals surface area contributed by atoms with Crippen LogP contribution in [-0.2, 0) is 4.79 Å². The fourth-order valence-electron chi connectivity index (χ4n) is 0.820. The molecule has 0 heterocycles. The lowest BCUT2D eigenvalue weighted by molar-refractivity contribution is -0.147. The third-order valence-corrected chi connectivity index (χ3v) is 1.77. The van der Waals surface area contributed by atoms with Crippen molar-refractivity contribution in [3.8, 4) is 0 Å². The molecular weight excluding hydrogens is 196 g/mol. The summed E-state index contributed by atoms with van der Waals surface area (Å²) in [5.74, 6) is 0. The summed E-state index contributed by atoms with van der Waals surface area (Å²) in [6.45, 7) is -0.817. The molecule has 0 bridgehead atoms. The van der Waals surface area contributed by atoms with Gasteiger partial charge in [-0.25, -0.2) is 0 Å². The van der Waals surface area contributed by atoms with Crippen molar-refractivity contribution >= 4 is 6.29 Å². The van der Waals surface area contributed by atoms with E-state index in [1.807, 2.05) is 0 Å². The van der Waals surface area contributed by atoms with Crippen LogP contribution in [0, 0.1) is 0 Å². The summed E-state index contributed by atoms with van der Waals surface area (Å²) in [4.78, 5) is 10.00. The lowest BCUT2D eigenvalue weighted by Crippen LogP contribution is -2.50. The molecule has 0 aromatic heterocycles. The molecule has 0 aliphatic rings. The predicted molar refractivity (Wildman–Crippen MR) is 43.2 cm³/mol. The second-order valence-corrected chi connectivity index (χ2v) is 2.85. The van der Waals surface area contributed by atoms with Crippen LogP contribution in [0.5, 0.6) is 0 Å². The van der Waals surface area contributed by atoms with E-state index >= 15 is 0 Å². The van der Waals surface area contributed by atoms with Crippen molar-refractivity contribution in [2.24, 2.45) is 0 Å². The summed E-state index contributed by atoms with van der Waals surface area (Å²) >= 11 is 0. The van der Waals surface area contributed by atoms with E-state index in [4.69, 9.17) is 30.6 Å². The van der Waals surface area contributed by atoms with Gasteiger partial charge in [-0.2, -0.15) is 0 Å². The number of hydrogen-bond donors (Lipinski definition) is 6. The second-order valence-electron chi connectivity index (χ2n) is 2.85. The summed E-state index contributed by atoms with van der Waals surface area (Å²) in [5, 5.41) is 53.2. The Morgan fingerprint density at radius 2 is 1.43 bits per heavy atom. The first-order valence-electron chi connectivity index (χ1n) is 3.92. The zero-order valence-corrected chi connectivity index (χ0v) is 7.26. The molecule has 6 N–H and O–H groups in total. The molecule has 0 saturated carbocycles. The molecule has 0 aromatic rings. The van der Waals surface area contributed by atoms with Crippen molar-refractivity contribution < 1.29 is 35.4 Å². The molecule has 0 unspecified atom stereocenters. The highest BCUT2D eigenvalue weighted by Crippen LogP contribution is 2.07. The first kappa shape index (κ1) is 13.4. The smallest absolute Gasteiger partial charge is 0.151 e. The molecule has 0 saturated heterocycles. The van der Waals surface area contributed by atoms with Crippen LogP contribution >= 0.6 is 0 Å². The van der Waals surface area contributed by atoms with Gasteiger partial charge in [0, 0.05) is 0 Å². The Kier molecular flexibility index (Phi) is 5.77. The predicted octanol–water partition coefficient (Wildman–Crippen LogP) is -4.02. The van der Waals surface area contributed by atoms with Gasteiger partial charge in [-0.3, -0.25) is 0 Å². The van der Waals surface area contributed by atoms with Crippen LogP contribution in [0.4, 0.5) is 0 Å². The quantitative estimate of drug-likeness (QED) is 0.245. The Labute approximate surface area is 79.9 Å². The van der Waals surface area contributed by atoms with Crippen LogP contribution in [0.15, 0.2) is 0 Å². The lowest BCUT2D eigenvalue weighted by Gasteiger charge is -2.26. The molecule has 7 nitrogen and oxygen atoms in total. The third-order valence-electron chi connectivity index (χ3n) is 1.77. The molecule has 0 radical (unpaired) electrons. The Hall–Kier alpha value is -0.570. The second kappa shape index (κ2) is 6.02. The van der Waals surface area contributed by atoms with E-state index in [9.17, 15) is 4.79 Å². The Morgan fingerprint density at radius 3 is 1.79 bits per heavy atom. The summed E-state index contributed by atoms with van der Waals surface area (Å²) in [6.07, 6.45) is -9.21. The molecule has 0 spiro atoms. The van der Waals surface area contributed by atoms with E-state index in [2.05, 4.69) is 0 Å². The number of aliphatic hydroxyl groups is 6. The average Bonchev–Trinajstić information content (AvgIpc) is 2.23. The maximum atomic E-state index is 10.00. The third kappa shape index (κ3) is 3.29. The van der Waals surface area contributed by atoms with Crippen LogP contribution in [-0.4, -0.2) is 74.1 Å². The number of hydrogen-bond acceptors (Lipinski definition) is 7. The van der Waals surface area contributed by atoms with Gasteiger partial charge >= 0.3 is 0 Å². The highest BCUT2D eigenvalue weighted by molar-refractivity contribution is 5.56. The SMILES string of the molecule is O=C[C@@H](O)[C@@H](O)[C@@H](O)[C@@H](O)[C@@H](O)CO. The highest BCUT2D eigenvalue weighted by Gasteiger charge is 2.33. The largest absolute Gasteiger partial charge is 0.394 e. The van der Waals surface area contributed by atoms with Crippen LogP contribution < -0.4 is 0 Å². The lowest BCUT2D eigenvalue weighted by atomic mass is 10.0. The van der Waals surface area contributed by atoms with Gasteiger partial charge in [-0.15, -0.1) is 0 Å². The Balaban J connectivity index is 4.29. The summed E-state index contributed by atoms with van der Waals surface area (Å²) < 4.78 is 0. The summed E-state index contributed by atoms with van der Waals surface area (Å²) in [6, 6.07) is 0. The molecule has 7 heteroatoms. The maximum absolute atomic E-state index is 10.00. The molecule has 5 atom stereocenters. The van der Waals surface area contributed by atoms with Crippen molar-refractivity contribution in [3.63, 3.8) is 0 Å². The first-order chi connectivity index (χ1) is 6.45. The summed E-state index contributed by atoms with van der Waals surface area (Å²) in [7, 11) is 0. The minimum atomic E-state index is -1.92. The van der Waals surface area contributed by atoms with Gasteiger partial charge in [0.15, 0.2) is 6.29 Å². The molecule has 0 fully saturated rings. The van der Waals surface area contributed by atoms with E-state index < -0.39 is 37.1 Å². The number of aldehydes is 1. The van der Waals surface area contributed by atoms with E-state index in [0.29, 0.717) is 0 Å². The van der Waals surface area contributed by atoms with Gasteiger partial charge in [0.1, 0.15) is 30.5 Å². The number of carbonyl (C=O) groups excluding carboxylic acids is 1. The first-order valence-corrected chi connectivity index (χ1v) is 3.92. The van der Waals surface area contributed by atoms with Gasteiger partial charge in [0.25, 0.3) is 0 Å². The highest BCUT2D eigenvalue weighted by atomic mass is 16.4. The molecule has 0 aliphatic carbocycles. The topological polar surface area (TPSA) is 138 Å². The molecule has 14 heavy (non-hydrogen) atoms. The zero-order valence-electron chi connectivity index (χ0n) is 7.26. The molecule has 0 rings (SSSR count). The molecule has 84 valence electrons. The molecule has 0 aromatic carbocycles. The van der Waals surface area contributed by atoms with Crippen LogP contribution in [0.25, 0.3) is 0 Å². The van der Waals surface area contributed by atoms with Crippen molar-refractivity contribution in [1.82, 2.24) is 0 Å². The maximum Gasteiger partial charge on any atom is 0.151 e. The monoisotopic (exact) mass is 210 g/mol. The fraction of sp³-hybridized carbons (Fsp3) is 0.857. The van der Waals surface area contributed by atoms with E-state index in [0.717, 1.165) is 0 Å². The van der Waals surface area contributed by atoms with Crippen molar-refractivity contribution in [1.29, 1.82) is 0 Å². The fourth-order valence-corrected chi connectivity index (χ4v) is 0.820. The average molecular weight is 210 g/mol. The zero-order chi connectivity index (χ0) is 11.3. The van der Waals surface area contributed by atoms with Gasteiger partial charge in [-0.1, -0.05) is 0 Å². The van der Waals surface area contributed by atoms with E-state index in [1.54, 1.807) is 0 Å². The number of rotatable bonds is 6. The van der Waals surface area contributed by atoms with Crippen molar-refractivity contribution in [2.75, 3.05) is 6.61 Å². The van der Waals surface area contributed by atoms with Gasteiger partial charge in [0.2, 0.25) is 0 Å². The number of aliphatic hydroxyl groups excluding tert-OH is 6. The molecule has 0 amide bonds. The van der Waals surface area contributed by atoms with Crippen molar-refractivity contribution in [2.45, 2.75) is 30.5 Å². The minimum Gasteiger partial charge on any atom is -0.394 e. The number of carbonyl (C=O) groups is 1. The normalized spacial score (nSPS) is 22.1.